The van der Waals surface area contributed by atoms with Crippen molar-refractivity contribution in [2.45, 2.75) is 91.6 Å². The van der Waals surface area contributed by atoms with Crippen molar-refractivity contribution in [2.24, 2.45) is 39.9 Å². The smallest absolute Gasteiger partial charge is 0.0545 e. The van der Waals surface area contributed by atoms with Gasteiger partial charge in [-0.2, -0.15) is 0 Å². The predicted octanol–water partition coefficient (Wildman–Crippen LogP) is 5.97. The second-order valence-corrected chi connectivity index (χ2v) is 10.8. The van der Waals surface area contributed by atoms with Crippen LogP contribution in [0.1, 0.15) is 85.5 Å². The van der Waals surface area contributed by atoms with Crippen LogP contribution in [-0.2, 0) is 0 Å². The number of aliphatic hydroxyl groups excluding tert-OH is 1. The van der Waals surface area contributed by atoms with Crippen molar-refractivity contribution in [3.8, 4) is 0 Å². The Morgan fingerprint density at radius 1 is 1.00 bits per heavy atom. The van der Waals surface area contributed by atoms with Crippen LogP contribution in [0.4, 0.5) is 0 Å². The third-order valence-electron chi connectivity index (χ3n) is 9.97. The summed E-state index contributed by atoms with van der Waals surface area (Å²) in [6.07, 6.45) is 12.0. The Kier molecular flexibility index (Phi) is 3.82. The zero-order chi connectivity index (χ0) is 17.3. The molecule has 1 N–H and O–H groups in total. The molecule has 0 unspecified atom stereocenters. The van der Waals surface area contributed by atoms with Gasteiger partial charge in [-0.15, -0.1) is 0 Å². The summed E-state index contributed by atoms with van der Waals surface area (Å²) in [6.45, 7) is 14.2. The van der Waals surface area contributed by atoms with E-state index >= 15 is 0 Å². The highest BCUT2D eigenvalue weighted by Gasteiger charge is 2.63. The van der Waals surface area contributed by atoms with Crippen LogP contribution in [0.3, 0.4) is 0 Å². The molecule has 0 aliphatic heterocycles. The molecule has 4 aliphatic rings. The van der Waals surface area contributed by atoms with Crippen LogP contribution in [0, 0.1) is 39.9 Å². The fourth-order valence-corrected chi connectivity index (χ4v) is 8.35. The lowest BCUT2D eigenvalue weighted by atomic mass is 9.40. The molecular weight excluding hydrogens is 292 g/mol. The third kappa shape index (κ3) is 2.09. The molecule has 4 aliphatic carbocycles. The fraction of sp³-hybridized carbons (Fsp3) is 0.913. The first-order chi connectivity index (χ1) is 11.2. The normalized spacial score (nSPS) is 55.5. The summed E-state index contributed by atoms with van der Waals surface area (Å²) in [4.78, 5) is 0. The number of aliphatic hydroxyl groups is 1. The van der Waals surface area contributed by atoms with Crippen LogP contribution in [0.2, 0.25) is 0 Å². The summed E-state index contributed by atoms with van der Waals surface area (Å²) < 4.78 is 0. The molecular formula is C23H38O. The molecule has 0 aromatic carbocycles. The average Bonchev–Trinajstić information content (AvgIpc) is 2.86. The Morgan fingerprint density at radius 3 is 2.46 bits per heavy atom. The maximum atomic E-state index is 10.4. The van der Waals surface area contributed by atoms with Crippen molar-refractivity contribution in [1.82, 2.24) is 0 Å². The van der Waals surface area contributed by atoms with E-state index in [0.29, 0.717) is 22.2 Å². The van der Waals surface area contributed by atoms with Crippen LogP contribution in [0.25, 0.3) is 0 Å². The highest BCUT2D eigenvalue weighted by molar-refractivity contribution is 5.17. The maximum absolute atomic E-state index is 10.4. The van der Waals surface area contributed by atoms with E-state index in [2.05, 4.69) is 27.4 Å². The van der Waals surface area contributed by atoms with Crippen LogP contribution in [0.15, 0.2) is 12.2 Å². The molecule has 4 rings (SSSR count). The molecule has 1 heteroatoms. The quantitative estimate of drug-likeness (QED) is 0.587. The molecule has 4 fully saturated rings. The molecule has 8 atom stereocenters. The summed E-state index contributed by atoms with van der Waals surface area (Å²) in [6, 6.07) is 0. The molecule has 136 valence electrons. The Labute approximate surface area is 149 Å². The van der Waals surface area contributed by atoms with E-state index in [1.54, 1.807) is 0 Å². The van der Waals surface area contributed by atoms with Gasteiger partial charge < -0.3 is 5.11 Å². The van der Waals surface area contributed by atoms with E-state index in [1.807, 2.05) is 6.92 Å². The van der Waals surface area contributed by atoms with Gasteiger partial charge in [0.05, 0.1) is 6.10 Å². The summed E-state index contributed by atoms with van der Waals surface area (Å²) in [5, 5.41) is 10.4. The summed E-state index contributed by atoms with van der Waals surface area (Å²) in [5.41, 5.74) is 2.91. The number of hydrogen-bond donors (Lipinski definition) is 1. The van der Waals surface area contributed by atoms with Gasteiger partial charge in [0.25, 0.3) is 0 Å². The first-order valence-electron chi connectivity index (χ1n) is 10.6. The second-order valence-electron chi connectivity index (χ2n) is 10.8. The van der Waals surface area contributed by atoms with Gasteiger partial charge in [-0.3, -0.25) is 0 Å². The van der Waals surface area contributed by atoms with E-state index < -0.39 is 0 Å². The lowest BCUT2D eigenvalue weighted by Gasteiger charge is -2.65. The summed E-state index contributed by atoms with van der Waals surface area (Å²) >= 11 is 0. The number of hydrogen-bond acceptors (Lipinski definition) is 1. The molecule has 1 nitrogen and oxygen atoms in total. The molecule has 24 heavy (non-hydrogen) atoms. The first-order valence-corrected chi connectivity index (χ1v) is 10.6. The van der Waals surface area contributed by atoms with Crippen LogP contribution >= 0.6 is 0 Å². The van der Waals surface area contributed by atoms with Crippen LogP contribution in [-0.4, -0.2) is 11.2 Å². The van der Waals surface area contributed by atoms with Gasteiger partial charge in [0.1, 0.15) is 0 Å². The van der Waals surface area contributed by atoms with Gasteiger partial charge >= 0.3 is 0 Å². The largest absolute Gasteiger partial charge is 0.393 e. The minimum absolute atomic E-state index is 0.129. The van der Waals surface area contributed by atoms with Gasteiger partial charge in [0.15, 0.2) is 0 Å². The average molecular weight is 331 g/mol. The van der Waals surface area contributed by atoms with Gasteiger partial charge in [0.2, 0.25) is 0 Å². The maximum Gasteiger partial charge on any atom is 0.0545 e. The Morgan fingerprint density at radius 2 is 1.75 bits per heavy atom. The van der Waals surface area contributed by atoms with E-state index in [0.717, 1.165) is 17.8 Å². The molecule has 0 aromatic rings. The standard InChI is InChI=1S/C23H38O/c1-15-8-11-21(3)12-9-17-19-7-6-18(16(2)24)22(19,4)13-10-20(17)23(21,5)14-15/h16-20,24H,1,6-14H2,2-5H3/t16-,17-,18+,19+,20-,21-,22-,23-/m1/s1. The zero-order valence-electron chi connectivity index (χ0n) is 16.4. The lowest BCUT2D eigenvalue weighted by molar-refractivity contribution is -0.148. The van der Waals surface area contributed by atoms with Gasteiger partial charge in [0, 0.05) is 0 Å². The fourth-order valence-electron chi connectivity index (χ4n) is 8.35. The molecule has 0 aromatic heterocycles. The molecule has 0 bridgehead atoms. The summed E-state index contributed by atoms with van der Waals surface area (Å²) in [7, 11) is 0. The number of fused-ring (bicyclic) bond motifs is 5. The second kappa shape index (κ2) is 5.35. The third-order valence-corrected chi connectivity index (χ3v) is 9.97. The Balaban J connectivity index is 1.67. The molecule has 4 saturated carbocycles. The van der Waals surface area contributed by atoms with Crippen LogP contribution in [0.5, 0.6) is 0 Å². The van der Waals surface area contributed by atoms with E-state index in [-0.39, 0.29) is 6.10 Å². The Bertz CT molecular complexity index is 536. The SMILES string of the molecule is C=C1CC[C@]2(C)CC[C@H]3[C@@H](CC[C@@]4(C)[C@H]3CC[C@H]4[C@@H](C)O)[C@@]2(C)C1. The molecule has 0 spiro atoms. The minimum atomic E-state index is -0.129. The van der Waals surface area contributed by atoms with E-state index in [9.17, 15) is 5.11 Å². The number of rotatable bonds is 1. The van der Waals surface area contributed by atoms with Crippen molar-refractivity contribution >= 4 is 0 Å². The Hall–Kier alpha value is -0.300. The zero-order valence-corrected chi connectivity index (χ0v) is 16.4. The van der Waals surface area contributed by atoms with Crippen molar-refractivity contribution in [1.29, 1.82) is 0 Å². The van der Waals surface area contributed by atoms with Gasteiger partial charge in [-0.1, -0.05) is 32.9 Å². The van der Waals surface area contributed by atoms with Crippen molar-refractivity contribution in [3.63, 3.8) is 0 Å². The highest BCUT2D eigenvalue weighted by atomic mass is 16.3. The lowest BCUT2D eigenvalue weighted by Crippen LogP contribution is -2.57. The van der Waals surface area contributed by atoms with Crippen molar-refractivity contribution in [3.05, 3.63) is 12.2 Å². The van der Waals surface area contributed by atoms with E-state index in [1.165, 1.54) is 63.4 Å². The monoisotopic (exact) mass is 330 g/mol. The summed E-state index contributed by atoms with van der Waals surface area (Å²) in [5.74, 6) is 3.17. The van der Waals surface area contributed by atoms with Crippen molar-refractivity contribution < 1.29 is 5.11 Å². The predicted molar refractivity (Wildman–Crippen MR) is 101 cm³/mol. The topological polar surface area (TPSA) is 20.2 Å². The van der Waals surface area contributed by atoms with Crippen LogP contribution < -0.4 is 0 Å². The first kappa shape index (κ1) is 17.1. The van der Waals surface area contributed by atoms with Gasteiger partial charge in [-0.25, -0.2) is 0 Å². The minimum Gasteiger partial charge on any atom is -0.393 e. The van der Waals surface area contributed by atoms with Crippen molar-refractivity contribution in [2.75, 3.05) is 0 Å². The molecule has 0 radical (unpaired) electrons. The van der Waals surface area contributed by atoms with E-state index in [4.69, 9.17) is 0 Å². The highest BCUT2D eigenvalue weighted by Crippen LogP contribution is 2.71. The molecule has 0 amide bonds. The molecule has 0 heterocycles. The van der Waals surface area contributed by atoms with Gasteiger partial charge in [-0.05, 0) is 105 Å². The molecule has 0 saturated heterocycles. The number of allylic oxidation sites excluding steroid dienone is 1.